The summed E-state index contributed by atoms with van der Waals surface area (Å²) in [5.74, 6) is 1.53. The van der Waals surface area contributed by atoms with Gasteiger partial charge in [0.05, 0.1) is 0 Å². The fourth-order valence-corrected chi connectivity index (χ4v) is 3.81. The summed E-state index contributed by atoms with van der Waals surface area (Å²) in [5.41, 5.74) is 10.4. The first-order valence-electron chi connectivity index (χ1n) is 6.29. The van der Waals surface area contributed by atoms with Gasteiger partial charge in [-0.05, 0) is 24.1 Å². The number of hydrogen-bond donors (Lipinski definition) is 1. The Labute approximate surface area is 112 Å². The predicted molar refractivity (Wildman–Crippen MR) is 78.0 cm³/mol. The van der Waals surface area contributed by atoms with E-state index in [0.717, 1.165) is 5.75 Å². The van der Waals surface area contributed by atoms with Gasteiger partial charge in [0, 0.05) is 22.6 Å². The van der Waals surface area contributed by atoms with Crippen LogP contribution in [0.1, 0.15) is 28.7 Å². The standard InChI is InChI=1S/C16H17NS/c1-11-6-8-12(9-7-11)16(17)14-10-18-15-5-3-2-4-13(14)15/h2-9,14,16H,10,17H2,1H3. The van der Waals surface area contributed by atoms with Crippen molar-refractivity contribution in [2.75, 3.05) is 5.75 Å². The van der Waals surface area contributed by atoms with E-state index in [1.54, 1.807) is 0 Å². The maximum Gasteiger partial charge on any atom is 0.0373 e. The first kappa shape index (κ1) is 11.8. The van der Waals surface area contributed by atoms with Gasteiger partial charge >= 0.3 is 0 Å². The van der Waals surface area contributed by atoms with Gasteiger partial charge in [0.1, 0.15) is 0 Å². The molecule has 1 aliphatic heterocycles. The lowest BCUT2D eigenvalue weighted by atomic mass is 9.89. The van der Waals surface area contributed by atoms with E-state index < -0.39 is 0 Å². The lowest BCUT2D eigenvalue weighted by molar-refractivity contribution is 0.607. The molecule has 1 heterocycles. The maximum atomic E-state index is 6.45. The lowest BCUT2D eigenvalue weighted by Crippen LogP contribution is -2.19. The average Bonchev–Trinajstić information content (AvgIpc) is 2.82. The molecule has 3 rings (SSSR count). The summed E-state index contributed by atoms with van der Waals surface area (Å²) in [6.07, 6.45) is 0. The topological polar surface area (TPSA) is 26.0 Å². The Morgan fingerprint density at radius 3 is 2.61 bits per heavy atom. The van der Waals surface area contributed by atoms with Gasteiger partial charge in [0.25, 0.3) is 0 Å². The van der Waals surface area contributed by atoms with Crippen molar-refractivity contribution < 1.29 is 0 Å². The molecule has 0 spiro atoms. The molecular weight excluding hydrogens is 238 g/mol. The molecule has 0 aliphatic carbocycles. The van der Waals surface area contributed by atoms with Gasteiger partial charge in [0.15, 0.2) is 0 Å². The fraction of sp³-hybridized carbons (Fsp3) is 0.250. The third-order valence-electron chi connectivity index (χ3n) is 3.63. The van der Waals surface area contributed by atoms with E-state index in [0.29, 0.717) is 5.92 Å². The van der Waals surface area contributed by atoms with Crippen molar-refractivity contribution in [3.05, 3.63) is 65.2 Å². The number of fused-ring (bicyclic) bond motifs is 1. The number of rotatable bonds is 2. The third kappa shape index (κ3) is 2.06. The van der Waals surface area contributed by atoms with E-state index in [2.05, 4.69) is 55.5 Å². The van der Waals surface area contributed by atoms with E-state index in [1.165, 1.54) is 21.6 Å². The molecule has 2 unspecified atom stereocenters. The number of nitrogens with two attached hydrogens (primary N) is 1. The molecule has 2 atom stereocenters. The van der Waals surface area contributed by atoms with Crippen LogP contribution in [0.3, 0.4) is 0 Å². The van der Waals surface area contributed by atoms with Crippen molar-refractivity contribution in [1.29, 1.82) is 0 Å². The zero-order valence-corrected chi connectivity index (χ0v) is 11.3. The van der Waals surface area contributed by atoms with E-state index in [-0.39, 0.29) is 6.04 Å². The summed E-state index contributed by atoms with van der Waals surface area (Å²) < 4.78 is 0. The van der Waals surface area contributed by atoms with Gasteiger partial charge in [0.2, 0.25) is 0 Å². The highest BCUT2D eigenvalue weighted by Gasteiger charge is 2.28. The van der Waals surface area contributed by atoms with Crippen LogP contribution in [0.5, 0.6) is 0 Å². The van der Waals surface area contributed by atoms with Crippen LogP contribution in [0.25, 0.3) is 0 Å². The van der Waals surface area contributed by atoms with Crippen molar-refractivity contribution >= 4 is 11.8 Å². The van der Waals surface area contributed by atoms with E-state index in [9.17, 15) is 0 Å². The first-order chi connectivity index (χ1) is 8.75. The van der Waals surface area contributed by atoms with Gasteiger partial charge in [-0.1, -0.05) is 48.0 Å². The predicted octanol–water partition coefficient (Wildman–Crippen LogP) is 3.88. The second-order valence-electron chi connectivity index (χ2n) is 4.89. The quantitative estimate of drug-likeness (QED) is 0.881. The average molecular weight is 255 g/mol. The molecule has 0 bridgehead atoms. The molecule has 0 saturated heterocycles. The summed E-state index contributed by atoms with van der Waals surface area (Å²) >= 11 is 1.92. The smallest absolute Gasteiger partial charge is 0.0373 e. The lowest BCUT2D eigenvalue weighted by Gasteiger charge is -2.20. The van der Waals surface area contributed by atoms with Crippen LogP contribution in [0.15, 0.2) is 53.4 Å². The van der Waals surface area contributed by atoms with Crippen molar-refractivity contribution in [2.24, 2.45) is 5.73 Å². The summed E-state index contributed by atoms with van der Waals surface area (Å²) in [5, 5.41) is 0. The Kier molecular flexibility index (Phi) is 3.14. The Morgan fingerprint density at radius 1 is 1.11 bits per heavy atom. The van der Waals surface area contributed by atoms with E-state index in [1.807, 2.05) is 11.8 Å². The molecule has 1 aliphatic rings. The van der Waals surface area contributed by atoms with Crippen LogP contribution in [0, 0.1) is 6.92 Å². The molecule has 0 radical (unpaired) electrons. The van der Waals surface area contributed by atoms with Crippen LogP contribution in [0.4, 0.5) is 0 Å². The Bertz CT molecular complexity index is 547. The Balaban J connectivity index is 1.90. The minimum Gasteiger partial charge on any atom is -0.323 e. The highest BCUT2D eigenvalue weighted by molar-refractivity contribution is 7.99. The van der Waals surface area contributed by atoms with Gasteiger partial charge < -0.3 is 5.73 Å². The molecule has 0 saturated carbocycles. The van der Waals surface area contributed by atoms with Crippen LogP contribution < -0.4 is 5.73 Å². The normalized spacial score (nSPS) is 19.6. The van der Waals surface area contributed by atoms with Crippen molar-refractivity contribution in [3.8, 4) is 0 Å². The van der Waals surface area contributed by atoms with Gasteiger partial charge in [-0.3, -0.25) is 0 Å². The highest BCUT2D eigenvalue weighted by atomic mass is 32.2. The van der Waals surface area contributed by atoms with Gasteiger partial charge in [-0.2, -0.15) is 0 Å². The molecule has 2 N–H and O–H groups in total. The van der Waals surface area contributed by atoms with Crippen molar-refractivity contribution in [2.45, 2.75) is 23.8 Å². The zero-order valence-electron chi connectivity index (χ0n) is 10.5. The second-order valence-corrected chi connectivity index (χ2v) is 5.95. The largest absolute Gasteiger partial charge is 0.323 e. The molecule has 2 aromatic rings. The Hall–Kier alpha value is -1.25. The van der Waals surface area contributed by atoms with Crippen molar-refractivity contribution in [1.82, 2.24) is 0 Å². The monoisotopic (exact) mass is 255 g/mol. The van der Waals surface area contributed by atoms with Crippen LogP contribution in [-0.4, -0.2) is 5.75 Å². The molecule has 92 valence electrons. The maximum absolute atomic E-state index is 6.45. The van der Waals surface area contributed by atoms with E-state index in [4.69, 9.17) is 5.73 Å². The number of thioether (sulfide) groups is 1. The van der Waals surface area contributed by atoms with Gasteiger partial charge in [-0.15, -0.1) is 11.8 Å². The van der Waals surface area contributed by atoms with E-state index >= 15 is 0 Å². The molecule has 1 nitrogen and oxygen atoms in total. The summed E-state index contributed by atoms with van der Waals surface area (Å²) in [6, 6.07) is 17.3. The number of hydrogen-bond acceptors (Lipinski definition) is 2. The SMILES string of the molecule is Cc1ccc(C(N)C2CSc3ccccc32)cc1. The summed E-state index contributed by atoms with van der Waals surface area (Å²) in [4.78, 5) is 1.39. The third-order valence-corrected chi connectivity index (χ3v) is 4.84. The molecule has 18 heavy (non-hydrogen) atoms. The van der Waals surface area contributed by atoms with Crippen LogP contribution in [-0.2, 0) is 0 Å². The molecular formula is C16H17NS. The zero-order chi connectivity index (χ0) is 12.5. The Morgan fingerprint density at radius 2 is 1.83 bits per heavy atom. The van der Waals surface area contributed by atoms with Crippen LogP contribution >= 0.6 is 11.8 Å². The fourth-order valence-electron chi connectivity index (χ4n) is 2.51. The highest BCUT2D eigenvalue weighted by Crippen LogP contribution is 2.44. The minimum absolute atomic E-state index is 0.0988. The molecule has 0 amide bonds. The number of aryl methyl sites for hydroxylation is 1. The molecule has 0 fully saturated rings. The molecule has 2 heteroatoms. The molecule has 0 aromatic heterocycles. The molecule has 2 aromatic carbocycles. The van der Waals surface area contributed by atoms with Gasteiger partial charge in [-0.25, -0.2) is 0 Å². The summed E-state index contributed by atoms with van der Waals surface area (Å²) in [6.45, 7) is 2.11. The number of benzene rings is 2. The van der Waals surface area contributed by atoms with Crippen molar-refractivity contribution in [3.63, 3.8) is 0 Å². The minimum atomic E-state index is 0.0988. The first-order valence-corrected chi connectivity index (χ1v) is 7.28. The second kappa shape index (κ2) is 4.79. The summed E-state index contributed by atoms with van der Waals surface area (Å²) in [7, 11) is 0. The van der Waals surface area contributed by atoms with Crippen LogP contribution in [0.2, 0.25) is 0 Å².